The van der Waals surface area contributed by atoms with Gasteiger partial charge in [-0.25, -0.2) is 12.8 Å². The third-order valence-corrected chi connectivity index (χ3v) is 4.72. The van der Waals surface area contributed by atoms with Crippen molar-refractivity contribution < 1.29 is 17.6 Å². The van der Waals surface area contributed by atoms with Crippen LogP contribution in [0.2, 0.25) is 0 Å². The molecule has 7 heteroatoms. The number of nitrogens with zero attached hydrogens (tertiary/aromatic N) is 1. The number of rotatable bonds is 6. The number of amides is 1. The predicted molar refractivity (Wildman–Crippen MR) is 91.5 cm³/mol. The molecular formula is C17H19FN2O3S. The third kappa shape index (κ3) is 4.55. The molecule has 2 aromatic carbocycles. The van der Waals surface area contributed by atoms with Crippen LogP contribution in [-0.2, 0) is 21.4 Å². The molecule has 2 rings (SSSR count). The fourth-order valence-electron chi connectivity index (χ4n) is 2.32. The normalized spacial score (nSPS) is 12.5. The Morgan fingerprint density at radius 2 is 1.71 bits per heavy atom. The number of hydrogen-bond donors (Lipinski definition) is 1. The molecule has 1 amide bonds. The van der Waals surface area contributed by atoms with Crippen LogP contribution in [-0.4, -0.2) is 26.6 Å². The first-order chi connectivity index (χ1) is 11.3. The molecule has 0 heterocycles. The molecule has 0 aliphatic rings. The number of benzene rings is 2. The summed E-state index contributed by atoms with van der Waals surface area (Å²) in [6.45, 7) is 1.71. The van der Waals surface area contributed by atoms with Gasteiger partial charge >= 0.3 is 0 Å². The minimum Gasteiger partial charge on any atom is -0.350 e. The van der Waals surface area contributed by atoms with Crippen LogP contribution in [0.25, 0.3) is 0 Å². The molecule has 0 radical (unpaired) electrons. The highest BCUT2D eigenvalue weighted by Crippen LogP contribution is 2.20. The van der Waals surface area contributed by atoms with E-state index in [-0.39, 0.29) is 12.4 Å². The number of hydrogen-bond acceptors (Lipinski definition) is 3. The molecule has 1 N–H and O–H groups in total. The summed E-state index contributed by atoms with van der Waals surface area (Å²) in [5.41, 5.74) is 1.15. The maximum atomic E-state index is 12.9. The minimum atomic E-state index is -3.63. The highest BCUT2D eigenvalue weighted by Gasteiger charge is 2.28. The minimum absolute atomic E-state index is 0.190. The summed E-state index contributed by atoms with van der Waals surface area (Å²) in [7, 11) is -3.63. The third-order valence-electron chi connectivity index (χ3n) is 3.48. The second kappa shape index (κ2) is 7.44. The van der Waals surface area contributed by atoms with Crippen molar-refractivity contribution in [3.63, 3.8) is 0 Å². The Morgan fingerprint density at radius 1 is 1.12 bits per heavy atom. The fourth-order valence-corrected chi connectivity index (χ4v) is 3.50. The summed E-state index contributed by atoms with van der Waals surface area (Å²) in [6.07, 6.45) is 1.06. The van der Waals surface area contributed by atoms with Gasteiger partial charge in [0, 0.05) is 6.54 Å². The molecule has 0 bridgehead atoms. The van der Waals surface area contributed by atoms with Crippen molar-refractivity contribution in [3.8, 4) is 0 Å². The van der Waals surface area contributed by atoms with Crippen LogP contribution in [0.15, 0.2) is 54.6 Å². The van der Waals surface area contributed by atoms with Crippen molar-refractivity contribution in [2.45, 2.75) is 19.5 Å². The maximum absolute atomic E-state index is 12.9. The highest BCUT2D eigenvalue weighted by atomic mass is 32.2. The van der Waals surface area contributed by atoms with E-state index in [0.29, 0.717) is 5.69 Å². The zero-order chi connectivity index (χ0) is 17.7. The molecule has 0 fully saturated rings. The van der Waals surface area contributed by atoms with Crippen molar-refractivity contribution >= 4 is 21.6 Å². The standard InChI is InChI=1S/C17H19FN2O3S/c1-13(17(21)19-12-14-8-10-15(18)11-9-14)20(24(2,22)23)16-6-4-3-5-7-16/h3-11,13H,12H2,1-2H3,(H,19,21)/t13-/m0/s1. The second-order valence-electron chi connectivity index (χ2n) is 5.41. The molecule has 0 unspecified atom stereocenters. The molecule has 0 aliphatic carbocycles. The van der Waals surface area contributed by atoms with Crippen molar-refractivity contribution in [2.24, 2.45) is 0 Å². The molecule has 0 aliphatic heterocycles. The average molecular weight is 350 g/mol. The molecule has 0 aromatic heterocycles. The van der Waals surface area contributed by atoms with E-state index >= 15 is 0 Å². The van der Waals surface area contributed by atoms with Gasteiger partial charge in [-0.2, -0.15) is 0 Å². The molecule has 1 atom stereocenters. The summed E-state index contributed by atoms with van der Waals surface area (Å²) in [4.78, 5) is 12.4. The van der Waals surface area contributed by atoms with Crippen molar-refractivity contribution in [1.29, 1.82) is 0 Å². The number of halogens is 1. The molecular weight excluding hydrogens is 331 g/mol. The van der Waals surface area contributed by atoms with Gasteiger partial charge in [0.2, 0.25) is 15.9 Å². The summed E-state index contributed by atoms with van der Waals surface area (Å²) >= 11 is 0. The smallest absolute Gasteiger partial charge is 0.243 e. The lowest BCUT2D eigenvalue weighted by atomic mass is 10.2. The van der Waals surface area contributed by atoms with Crippen LogP contribution in [0.1, 0.15) is 12.5 Å². The Balaban J connectivity index is 2.13. The van der Waals surface area contributed by atoms with Crippen molar-refractivity contribution in [1.82, 2.24) is 5.32 Å². The summed E-state index contributed by atoms with van der Waals surface area (Å²) in [5.74, 6) is -0.792. The summed E-state index contributed by atoms with van der Waals surface area (Å²) in [6, 6.07) is 13.3. The number of anilines is 1. The topological polar surface area (TPSA) is 66.5 Å². The van der Waals surface area contributed by atoms with Crippen LogP contribution in [0.4, 0.5) is 10.1 Å². The van der Waals surface area contributed by atoms with E-state index in [2.05, 4.69) is 5.32 Å². The van der Waals surface area contributed by atoms with Crippen LogP contribution in [0.5, 0.6) is 0 Å². The van der Waals surface area contributed by atoms with E-state index < -0.39 is 22.0 Å². The largest absolute Gasteiger partial charge is 0.350 e. The van der Waals surface area contributed by atoms with Gasteiger partial charge in [-0.05, 0) is 36.8 Å². The zero-order valence-corrected chi connectivity index (χ0v) is 14.3. The summed E-state index contributed by atoms with van der Waals surface area (Å²) in [5, 5.41) is 2.67. The van der Waals surface area contributed by atoms with Gasteiger partial charge in [0.25, 0.3) is 0 Å². The molecule has 24 heavy (non-hydrogen) atoms. The molecule has 128 valence electrons. The lowest BCUT2D eigenvalue weighted by Crippen LogP contribution is -2.47. The number of carbonyl (C=O) groups is 1. The number of carbonyl (C=O) groups excluding carboxylic acids is 1. The van der Waals surface area contributed by atoms with E-state index in [1.54, 1.807) is 42.5 Å². The highest BCUT2D eigenvalue weighted by molar-refractivity contribution is 7.92. The first-order valence-corrected chi connectivity index (χ1v) is 9.20. The first-order valence-electron chi connectivity index (χ1n) is 7.35. The molecule has 5 nitrogen and oxygen atoms in total. The molecule has 2 aromatic rings. The van der Waals surface area contributed by atoms with Crippen molar-refractivity contribution in [2.75, 3.05) is 10.6 Å². The molecule has 0 saturated heterocycles. The first kappa shape index (κ1) is 17.9. The van der Waals surface area contributed by atoms with Gasteiger partial charge in [-0.15, -0.1) is 0 Å². The van der Waals surface area contributed by atoms with Crippen LogP contribution in [0, 0.1) is 5.82 Å². The van der Waals surface area contributed by atoms with E-state index in [9.17, 15) is 17.6 Å². The monoisotopic (exact) mass is 350 g/mol. The SMILES string of the molecule is C[C@@H](C(=O)NCc1ccc(F)cc1)N(c1ccccc1)S(C)(=O)=O. The Labute approximate surface area is 141 Å². The molecule has 0 spiro atoms. The molecule has 0 saturated carbocycles. The lowest BCUT2D eigenvalue weighted by molar-refractivity contribution is -0.122. The van der Waals surface area contributed by atoms with Gasteiger partial charge in [-0.3, -0.25) is 9.10 Å². The van der Waals surface area contributed by atoms with Gasteiger partial charge < -0.3 is 5.32 Å². The average Bonchev–Trinajstić information content (AvgIpc) is 2.54. The second-order valence-corrected chi connectivity index (χ2v) is 7.27. The number of nitrogens with one attached hydrogen (secondary N) is 1. The Morgan fingerprint density at radius 3 is 2.25 bits per heavy atom. The van der Waals surface area contributed by atoms with Crippen molar-refractivity contribution in [3.05, 3.63) is 66.0 Å². The quantitative estimate of drug-likeness (QED) is 0.869. The van der Waals surface area contributed by atoms with Gasteiger partial charge in [0.05, 0.1) is 11.9 Å². The Hall–Kier alpha value is -2.41. The number of sulfonamides is 1. The van der Waals surface area contributed by atoms with E-state index in [4.69, 9.17) is 0 Å². The van der Waals surface area contributed by atoms with Crippen LogP contribution in [0.3, 0.4) is 0 Å². The van der Waals surface area contributed by atoms with Gasteiger partial charge in [0.15, 0.2) is 0 Å². The van der Waals surface area contributed by atoms with Gasteiger partial charge in [0.1, 0.15) is 11.9 Å². The Bertz CT molecular complexity index is 792. The maximum Gasteiger partial charge on any atom is 0.243 e. The summed E-state index contributed by atoms with van der Waals surface area (Å²) < 4.78 is 38.1. The van der Waals surface area contributed by atoms with E-state index in [0.717, 1.165) is 16.1 Å². The lowest BCUT2D eigenvalue weighted by Gasteiger charge is -2.28. The van der Waals surface area contributed by atoms with E-state index in [1.165, 1.54) is 19.1 Å². The predicted octanol–water partition coefficient (Wildman–Crippen LogP) is 2.30. The zero-order valence-electron chi connectivity index (χ0n) is 13.4. The number of para-hydroxylation sites is 1. The van der Waals surface area contributed by atoms with Crippen LogP contribution >= 0.6 is 0 Å². The Kier molecular flexibility index (Phi) is 5.56. The van der Waals surface area contributed by atoms with Gasteiger partial charge in [-0.1, -0.05) is 30.3 Å². The fraction of sp³-hybridized carbons (Fsp3) is 0.235. The van der Waals surface area contributed by atoms with Crippen LogP contribution < -0.4 is 9.62 Å². The van der Waals surface area contributed by atoms with E-state index in [1.807, 2.05) is 0 Å².